The second-order valence-electron chi connectivity index (χ2n) is 6.02. The largest absolute Gasteiger partial charge is 0.443 e. The highest BCUT2D eigenvalue weighted by molar-refractivity contribution is 6.01. The first-order chi connectivity index (χ1) is 9.33. The van der Waals surface area contributed by atoms with Gasteiger partial charge in [0, 0.05) is 12.8 Å². The number of benzene rings is 1. The summed E-state index contributed by atoms with van der Waals surface area (Å²) in [6.07, 6.45) is 0.536. The predicted molar refractivity (Wildman–Crippen MR) is 77.9 cm³/mol. The van der Waals surface area contributed by atoms with Crippen LogP contribution in [-0.4, -0.2) is 23.5 Å². The molecule has 1 atom stereocenters. The Morgan fingerprint density at radius 2 is 1.95 bits per heavy atom. The Hall–Kier alpha value is -1.84. The molecule has 0 aromatic heterocycles. The number of anilines is 1. The molecular weight excluding hydrogens is 254 g/mol. The van der Waals surface area contributed by atoms with Crippen LogP contribution in [0.25, 0.3) is 0 Å². The fraction of sp³-hybridized carbons (Fsp3) is 0.500. The first-order valence-corrected chi connectivity index (χ1v) is 6.96. The zero-order chi connectivity index (χ0) is 14.9. The Balaban J connectivity index is 2.34. The van der Waals surface area contributed by atoms with Gasteiger partial charge in [-0.15, -0.1) is 0 Å². The number of hydrogen-bond donors (Lipinski definition) is 0. The minimum absolute atomic E-state index is 0.0621. The molecule has 0 saturated heterocycles. The van der Waals surface area contributed by atoms with E-state index >= 15 is 0 Å². The number of nitrogens with zero attached hydrogens (tertiary/aromatic N) is 1. The molecule has 0 fully saturated rings. The van der Waals surface area contributed by atoms with E-state index in [0.29, 0.717) is 12.8 Å². The topological polar surface area (TPSA) is 46.6 Å². The van der Waals surface area contributed by atoms with Crippen LogP contribution in [0, 0.1) is 0 Å². The lowest BCUT2D eigenvalue weighted by atomic mass is 10.1. The molecule has 0 bridgehead atoms. The number of fused-ring (bicyclic) bond motifs is 1. The van der Waals surface area contributed by atoms with Crippen molar-refractivity contribution < 1.29 is 14.3 Å². The minimum atomic E-state index is -0.575. The van der Waals surface area contributed by atoms with Gasteiger partial charge >= 0.3 is 6.09 Å². The van der Waals surface area contributed by atoms with Crippen LogP contribution in [0.5, 0.6) is 0 Å². The van der Waals surface area contributed by atoms with Crippen LogP contribution in [-0.2, 0) is 16.0 Å². The molecule has 2 rings (SSSR count). The molecule has 1 aromatic rings. The average Bonchev–Trinajstić information content (AvgIpc) is 2.75. The lowest BCUT2D eigenvalue weighted by molar-refractivity contribution is -0.119. The molecule has 0 saturated carbocycles. The van der Waals surface area contributed by atoms with Crippen LogP contribution in [0.15, 0.2) is 24.3 Å². The van der Waals surface area contributed by atoms with Gasteiger partial charge < -0.3 is 4.74 Å². The van der Waals surface area contributed by atoms with Gasteiger partial charge in [0.2, 0.25) is 0 Å². The fourth-order valence-electron chi connectivity index (χ4n) is 2.42. The van der Waals surface area contributed by atoms with Crippen LogP contribution in [0.1, 0.15) is 39.7 Å². The Morgan fingerprint density at radius 3 is 2.55 bits per heavy atom. The van der Waals surface area contributed by atoms with Crippen molar-refractivity contribution in [2.24, 2.45) is 0 Å². The maximum absolute atomic E-state index is 12.4. The smallest absolute Gasteiger partial charge is 0.415 e. The van der Waals surface area contributed by atoms with E-state index in [1.165, 1.54) is 4.90 Å². The van der Waals surface area contributed by atoms with Crippen molar-refractivity contribution in [3.8, 4) is 0 Å². The van der Waals surface area contributed by atoms with Gasteiger partial charge in [0.05, 0.1) is 5.69 Å². The van der Waals surface area contributed by atoms with E-state index in [1.807, 2.05) is 52.0 Å². The molecule has 0 N–H and O–H groups in total. The van der Waals surface area contributed by atoms with E-state index in [1.54, 1.807) is 0 Å². The summed E-state index contributed by atoms with van der Waals surface area (Å²) < 4.78 is 5.44. The van der Waals surface area contributed by atoms with Crippen LogP contribution in [0.3, 0.4) is 0 Å². The van der Waals surface area contributed by atoms with Gasteiger partial charge in [-0.2, -0.15) is 0 Å². The number of Topliss-reactive ketones (excluding diaryl/α,β-unsaturated/α-hetero) is 1. The number of ether oxygens (including phenoxy) is 1. The maximum Gasteiger partial charge on any atom is 0.415 e. The van der Waals surface area contributed by atoms with Crippen molar-refractivity contribution >= 4 is 17.6 Å². The van der Waals surface area contributed by atoms with Gasteiger partial charge in [-0.1, -0.05) is 25.1 Å². The molecule has 1 aliphatic rings. The molecule has 0 unspecified atom stereocenters. The van der Waals surface area contributed by atoms with Crippen molar-refractivity contribution in [2.45, 2.75) is 52.2 Å². The van der Waals surface area contributed by atoms with Gasteiger partial charge in [-0.3, -0.25) is 9.69 Å². The van der Waals surface area contributed by atoms with Crippen LogP contribution >= 0.6 is 0 Å². The van der Waals surface area contributed by atoms with E-state index in [9.17, 15) is 9.59 Å². The van der Waals surface area contributed by atoms with Crippen LogP contribution in [0.4, 0.5) is 10.5 Å². The number of hydrogen-bond acceptors (Lipinski definition) is 3. The minimum Gasteiger partial charge on any atom is -0.443 e. The number of carbonyl (C=O) groups is 2. The molecule has 4 nitrogen and oxygen atoms in total. The van der Waals surface area contributed by atoms with Crippen LogP contribution < -0.4 is 4.90 Å². The predicted octanol–water partition coefficient (Wildman–Crippen LogP) is 3.33. The normalized spacial score (nSPS) is 17.8. The Kier molecular flexibility index (Phi) is 3.84. The molecule has 0 radical (unpaired) electrons. The Morgan fingerprint density at radius 1 is 1.30 bits per heavy atom. The molecule has 4 heteroatoms. The number of ketones is 1. The van der Waals surface area contributed by atoms with Gasteiger partial charge in [-0.25, -0.2) is 4.79 Å². The van der Waals surface area contributed by atoms with E-state index in [2.05, 4.69) is 0 Å². The van der Waals surface area contributed by atoms with Gasteiger partial charge in [0.15, 0.2) is 5.78 Å². The number of amides is 1. The summed E-state index contributed by atoms with van der Waals surface area (Å²) in [5.41, 5.74) is 1.23. The first kappa shape index (κ1) is 14.6. The average molecular weight is 275 g/mol. The quantitative estimate of drug-likeness (QED) is 0.831. The van der Waals surface area contributed by atoms with Crippen LogP contribution in [0.2, 0.25) is 0 Å². The fourth-order valence-corrected chi connectivity index (χ4v) is 2.42. The second-order valence-corrected chi connectivity index (χ2v) is 6.02. The summed E-state index contributed by atoms with van der Waals surface area (Å²) >= 11 is 0. The SMILES string of the molecule is CCC(=O)[C@@H]1Cc2ccccc2N1C(=O)OC(C)(C)C. The third kappa shape index (κ3) is 2.84. The van der Waals surface area contributed by atoms with Gasteiger partial charge in [0.1, 0.15) is 11.6 Å². The summed E-state index contributed by atoms with van der Waals surface area (Å²) in [7, 11) is 0. The molecule has 108 valence electrons. The van der Waals surface area contributed by atoms with E-state index in [4.69, 9.17) is 4.74 Å². The second kappa shape index (κ2) is 5.27. The number of carbonyl (C=O) groups excluding carboxylic acids is 2. The highest BCUT2D eigenvalue weighted by atomic mass is 16.6. The van der Waals surface area contributed by atoms with E-state index in [0.717, 1.165) is 11.3 Å². The molecule has 20 heavy (non-hydrogen) atoms. The summed E-state index contributed by atoms with van der Waals surface area (Å²) in [5.74, 6) is 0.0621. The monoisotopic (exact) mass is 275 g/mol. The molecule has 1 heterocycles. The van der Waals surface area contributed by atoms with E-state index in [-0.39, 0.29) is 5.78 Å². The Labute approximate surface area is 119 Å². The van der Waals surface area contributed by atoms with E-state index < -0.39 is 17.7 Å². The summed E-state index contributed by atoms with van der Waals surface area (Å²) in [6, 6.07) is 7.17. The Bertz CT molecular complexity index is 531. The third-order valence-electron chi connectivity index (χ3n) is 3.29. The lowest BCUT2D eigenvalue weighted by Crippen LogP contribution is -2.45. The highest BCUT2D eigenvalue weighted by Gasteiger charge is 2.39. The molecule has 1 aromatic carbocycles. The zero-order valence-corrected chi connectivity index (χ0v) is 12.5. The number of para-hydroxylation sites is 1. The highest BCUT2D eigenvalue weighted by Crippen LogP contribution is 2.34. The molecule has 1 aliphatic heterocycles. The summed E-state index contributed by atoms with van der Waals surface area (Å²) in [6.45, 7) is 7.29. The lowest BCUT2D eigenvalue weighted by Gasteiger charge is -2.28. The molecule has 0 aliphatic carbocycles. The van der Waals surface area contributed by atoms with Crippen molar-refractivity contribution in [2.75, 3.05) is 4.90 Å². The van der Waals surface area contributed by atoms with Crippen molar-refractivity contribution in [1.82, 2.24) is 0 Å². The molecule has 0 spiro atoms. The number of rotatable bonds is 2. The van der Waals surface area contributed by atoms with Crippen molar-refractivity contribution in [3.63, 3.8) is 0 Å². The zero-order valence-electron chi connectivity index (χ0n) is 12.5. The summed E-state index contributed by atoms with van der Waals surface area (Å²) in [5, 5.41) is 0. The standard InChI is InChI=1S/C16H21NO3/c1-5-14(18)13-10-11-8-6-7-9-12(11)17(13)15(19)20-16(2,3)4/h6-9,13H,5,10H2,1-4H3/t13-/m0/s1. The maximum atomic E-state index is 12.4. The van der Waals surface area contributed by atoms with Gasteiger partial charge in [0.25, 0.3) is 0 Å². The first-order valence-electron chi connectivity index (χ1n) is 6.96. The van der Waals surface area contributed by atoms with Crippen molar-refractivity contribution in [1.29, 1.82) is 0 Å². The molecular formula is C16H21NO3. The van der Waals surface area contributed by atoms with Gasteiger partial charge in [-0.05, 0) is 32.4 Å². The van der Waals surface area contributed by atoms with Crippen molar-refractivity contribution in [3.05, 3.63) is 29.8 Å². The molecule has 1 amide bonds. The summed E-state index contributed by atoms with van der Waals surface area (Å²) in [4.78, 5) is 26.0. The third-order valence-corrected chi connectivity index (χ3v) is 3.29.